The van der Waals surface area contributed by atoms with Gasteiger partial charge in [0.25, 0.3) is 0 Å². The van der Waals surface area contributed by atoms with E-state index in [0.717, 1.165) is 15.6 Å². The molecule has 0 atom stereocenters. The molecule has 10 heavy (non-hydrogen) atoms. The van der Waals surface area contributed by atoms with E-state index in [9.17, 15) is 4.79 Å². The van der Waals surface area contributed by atoms with Gasteiger partial charge in [0.15, 0.2) is 0 Å². The molecule has 1 heterocycles. The van der Waals surface area contributed by atoms with Crippen LogP contribution in [0.2, 0.25) is 4.34 Å². The quantitative estimate of drug-likeness (QED) is 0.713. The van der Waals surface area contributed by atoms with Gasteiger partial charge >= 0.3 is 0 Å². The molecule has 0 amide bonds. The molecule has 4 heteroatoms. The van der Waals surface area contributed by atoms with Gasteiger partial charge in [0.2, 0.25) is 0 Å². The van der Waals surface area contributed by atoms with Gasteiger partial charge in [-0.1, -0.05) is 11.6 Å². The minimum absolute atomic E-state index is 0.344. The van der Waals surface area contributed by atoms with Crippen LogP contribution in [0.5, 0.6) is 0 Å². The van der Waals surface area contributed by atoms with Gasteiger partial charge in [-0.15, -0.1) is 11.3 Å². The van der Waals surface area contributed by atoms with Crippen LogP contribution >= 0.6 is 22.9 Å². The largest absolute Gasteiger partial charge is 0.370 e. The zero-order chi connectivity index (χ0) is 7.40. The maximum Gasteiger partial charge on any atom is 0.139 e. The van der Waals surface area contributed by atoms with E-state index in [1.807, 2.05) is 6.07 Å². The second kappa shape index (κ2) is 3.58. The summed E-state index contributed by atoms with van der Waals surface area (Å²) in [5.74, 6) is 0. The fourth-order valence-corrected chi connectivity index (χ4v) is 1.50. The molecule has 2 nitrogen and oxygen atoms in total. The summed E-state index contributed by atoms with van der Waals surface area (Å²) in [4.78, 5) is 9.89. The van der Waals surface area contributed by atoms with E-state index >= 15 is 0 Å². The summed E-state index contributed by atoms with van der Waals surface area (Å²) >= 11 is 7.05. The third-order valence-electron chi connectivity index (χ3n) is 0.933. The van der Waals surface area contributed by atoms with Crippen molar-refractivity contribution in [1.29, 1.82) is 0 Å². The van der Waals surface area contributed by atoms with Gasteiger partial charge in [-0.25, -0.2) is 0 Å². The molecule has 0 spiro atoms. The smallest absolute Gasteiger partial charge is 0.139 e. The highest BCUT2D eigenvalue weighted by Crippen LogP contribution is 2.25. The third kappa shape index (κ3) is 2.01. The second-order valence-electron chi connectivity index (χ2n) is 1.65. The standard InChI is InChI=1S/C6H6ClNOS/c7-5-1-2-6(10-5)8-3-4-9/h1-2,4,8H,3H2. The highest BCUT2D eigenvalue weighted by atomic mass is 35.5. The Balaban J connectivity index is 2.49. The van der Waals surface area contributed by atoms with Crippen LogP contribution in [-0.4, -0.2) is 12.8 Å². The maximum atomic E-state index is 9.89. The molecule has 1 aromatic heterocycles. The molecular weight excluding hydrogens is 170 g/mol. The Morgan fingerprint density at radius 3 is 3.00 bits per heavy atom. The molecule has 1 N–H and O–H groups in total. The van der Waals surface area contributed by atoms with E-state index in [-0.39, 0.29) is 0 Å². The highest BCUT2D eigenvalue weighted by molar-refractivity contribution is 7.19. The number of halogens is 1. The lowest BCUT2D eigenvalue weighted by Gasteiger charge is -1.92. The Morgan fingerprint density at radius 1 is 1.70 bits per heavy atom. The van der Waals surface area contributed by atoms with E-state index in [2.05, 4.69) is 5.32 Å². The summed E-state index contributed by atoms with van der Waals surface area (Å²) < 4.78 is 0.730. The van der Waals surface area contributed by atoms with Crippen LogP contribution in [0.3, 0.4) is 0 Å². The minimum atomic E-state index is 0.344. The van der Waals surface area contributed by atoms with Gasteiger partial charge in [-0.2, -0.15) is 0 Å². The van der Waals surface area contributed by atoms with Crippen LogP contribution in [-0.2, 0) is 4.79 Å². The Kier molecular flexibility index (Phi) is 2.71. The Bertz CT molecular complexity index is 223. The first-order chi connectivity index (χ1) is 4.83. The first-order valence-electron chi connectivity index (χ1n) is 2.76. The fourth-order valence-electron chi connectivity index (χ4n) is 0.552. The number of aldehydes is 1. The van der Waals surface area contributed by atoms with E-state index < -0.39 is 0 Å². The lowest BCUT2D eigenvalue weighted by molar-refractivity contribution is -0.106. The Morgan fingerprint density at radius 2 is 2.50 bits per heavy atom. The van der Waals surface area contributed by atoms with Crippen molar-refractivity contribution in [3.63, 3.8) is 0 Å². The highest BCUT2D eigenvalue weighted by Gasteiger charge is 1.93. The molecular formula is C6H6ClNOS. The predicted octanol–water partition coefficient (Wildman–Crippen LogP) is 2.01. The second-order valence-corrected chi connectivity index (χ2v) is 3.37. The van der Waals surface area contributed by atoms with Gasteiger partial charge in [0, 0.05) is 0 Å². The van der Waals surface area contributed by atoms with Gasteiger partial charge < -0.3 is 10.1 Å². The number of hydrogen-bond donors (Lipinski definition) is 1. The van der Waals surface area contributed by atoms with Crippen molar-refractivity contribution < 1.29 is 4.79 Å². The molecule has 1 aromatic rings. The molecule has 0 aliphatic heterocycles. The molecule has 0 fully saturated rings. The summed E-state index contributed by atoms with van der Waals surface area (Å²) in [5, 5.41) is 3.81. The average molecular weight is 176 g/mol. The van der Waals surface area contributed by atoms with Gasteiger partial charge in [0.1, 0.15) is 6.29 Å². The van der Waals surface area contributed by atoms with Crippen LogP contribution in [0.1, 0.15) is 0 Å². The SMILES string of the molecule is O=CCNc1ccc(Cl)s1. The number of anilines is 1. The molecule has 54 valence electrons. The number of hydrogen-bond acceptors (Lipinski definition) is 3. The lowest BCUT2D eigenvalue weighted by Crippen LogP contribution is -1.99. The van der Waals surface area contributed by atoms with E-state index in [1.54, 1.807) is 6.07 Å². The first kappa shape index (κ1) is 7.57. The number of carbonyl (C=O) groups excluding carboxylic acids is 1. The summed E-state index contributed by atoms with van der Waals surface area (Å²) in [5.41, 5.74) is 0. The van der Waals surface area contributed by atoms with Crippen LogP contribution in [0.4, 0.5) is 5.00 Å². The topological polar surface area (TPSA) is 29.1 Å². The first-order valence-corrected chi connectivity index (χ1v) is 3.95. The predicted molar refractivity (Wildman–Crippen MR) is 43.9 cm³/mol. The van der Waals surface area contributed by atoms with E-state index in [0.29, 0.717) is 6.54 Å². The van der Waals surface area contributed by atoms with Crippen molar-refractivity contribution >= 4 is 34.2 Å². The van der Waals surface area contributed by atoms with E-state index in [4.69, 9.17) is 11.6 Å². The Labute approximate surface area is 67.8 Å². The molecule has 0 aliphatic carbocycles. The van der Waals surface area contributed by atoms with Gasteiger partial charge in [0.05, 0.1) is 15.9 Å². The summed E-state index contributed by atoms with van der Waals surface area (Å²) in [7, 11) is 0. The van der Waals surface area contributed by atoms with Gasteiger partial charge in [-0.05, 0) is 12.1 Å². The van der Waals surface area contributed by atoms with Crippen LogP contribution in [0, 0.1) is 0 Å². The molecule has 1 rings (SSSR count). The minimum Gasteiger partial charge on any atom is -0.370 e. The van der Waals surface area contributed by atoms with Crippen molar-refractivity contribution in [2.24, 2.45) is 0 Å². The van der Waals surface area contributed by atoms with Gasteiger partial charge in [-0.3, -0.25) is 0 Å². The summed E-state index contributed by atoms with van der Waals surface area (Å²) in [6, 6.07) is 3.63. The molecule has 0 saturated heterocycles. The fraction of sp³-hybridized carbons (Fsp3) is 0.167. The molecule has 0 bridgehead atoms. The summed E-state index contributed by atoms with van der Waals surface area (Å²) in [6.07, 6.45) is 0.813. The van der Waals surface area contributed by atoms with Crippen molar-refractivity contribution in [2.45, 2.75) is 0 Å². The molecule has 0 aliphatic rings. The summed E-state index contributed by atoms with van der Waals surface area (Å²) in [6.45, 7) is 0.344. The number of nitrogens with one attached hydrogen (secondary N) is 1. The van der Waals surface area contributed by atoms with Crippen molar-refractivity contribution in [3.05, 3.63) is 16.5 Å². The monoisotopic (exact) mass is 175 g/mol. The van der Waals surface area contributed by atoms with Crippen molar-refractivity contribution in [2.75, 3.05) is 11.9 Å². The molecule has 0 unspecified atom stereocenters. The average Bonchev–Trinajstić information content (AvgIpc) is 2.31. The Hall–Kier alpha value is -0.540. The zero-order valence-electron chi connectivity index (χ0n) is 5.13. The molecule has 0 saturated carbocycles. The van der Waals surface area contributed by atoms with Crippen LogP contribution in [0.25, 0.3) is 0 Å². The molecule has 0 radical (unpaired) electrons. The zero-order valence-corrected chi connectivity index (χ0v) is 6.71. The number of rotatable bonds is 3. The van der Waals surface area contributed by atoms with Crippen molar-refractivity contribution in [3.8, 4) is 0 Å². The van der Waals surface area contributed by atoms with Crippen molar-refractivity contribution in [1.82, 2.24) is 0 Å². The lowest BCUT2D eigenvalue weighted by atomic mass is 10.6. The number of thiophene rings is 1. The van der Waals surface area contributed by atoms with Crippen LogP contribution < -0.4 is 5.32 Å². The van der Waals surface area contributed by atoms with Crippen LogP contribution in [0.15, 0.2) is 12.1 Å². The molecule has 0 aromatic carbocycles. The van der Waals surface area contributed by atoms with E-state index in [1.165, 1.54) is 11.3 Å². The third-order valence-corrected chi connectivity index (χ3v) is 2.12. The maximum absolute atomic E-state index is 9.89. The normalized spacial score (nSPS) is 9.30. The number of carbonyl (C=O) groups is 1.